The van der Waals surface area contributed by atoms with E-state index in [9.17, 15) is 0 Å². The van der Waals surface area contributed by atoms with Gasteiger partial charge < -0.3 is 10.8 Å². The van der Waals surface area contributed by atoms with Crippen LogP contribution in [0.3, 0.4) is 0 Å². The minimum absolute atomic E-state index is 0.00833. The summed E-state index contributed by atoms with van der Waals surface area (Å²) in [6.07, 6.45) is 0. The summed E-state index contributed by atoms with van der Waals surface area (Å²) >= 11 is 0. The van der Waals surface area contributed by atoms with E-state index in [2.05, 4.69) is 20.8 Å². The van der Waals surface area contributed by atoms with E-state index in [0.717, 1.165) is 11.1 Å². The highest BCUT2D eigenvalue weighted by Gasteiger charge is 2.22. The van der Waals surface area contributed by atoms with Crippen LogP contribution in [0.1, 0.15) is 37.9 Å². The van der Waals surface area contributed by atoms with Crippen molar-refractivity contribution in [1.29, 1.82) is 0 Å². The Morgan fingerprint density at radius 2 is 2.00 bits per heavy atom. The molecule has 0 aliphatic heterocycles. The summed E-state index contributed by atoms with van der Waals surface area (Å²) in [6.45, 7) is 6.42. The highest BCUT2D eigenvalue weighted by molar-refractivity contribution is 5.26. The maximum Gasteiger partial charge on any atom is 0.0681 e. The van der Waals surface area contributed by atoms with Crippen molar-refractivity contribution in [2.75, 3.05) is 0 Å². The average Bonchev–Trinajstić information content (AvgIpc) is 2.15. The van der Waals surface area contributed by atoms with Crippen LogP contribution >= 0.6 is 0 Å². The molecular formula is C12H19NO. The first-order valence-corrected chi connectivity index (χ1v) is 4.90. The summed E-state index contributed by atoms with van der Waals surface area (Å²) in [4.78, 5) is 0. The Balaban J connectivity index is 2.95. The average molecular weight is 193 g/mol. The van der Waals surface area contributed by atoms with Gasteiger partial charge in [-0.25, -0.2) is 0 Å². The summed E-state index contributed by atoms with van der Waals surface area (Å²) in [7, 11) is 0. The molecule has 0 aromatic heterocycles. The van der Waals surface area contributed by atoms with Gasteiger partial charge in [-0.05, 0) is 16.5 Å². The van der Waals surface area contributed by atoms with Crippen molar-refractivity contribution in [2.24, 2.45) is 11.1 Å². The van der Waals surface area contributed by atoms with Crippen molar-refractivity contribution < 1.29 is 5.11 Å². The van der Waals surface area contributed by atoms with Crippen molar-refractivity contribution in [2.45, 2.75) is 33.4 Å². The maximum absolute atomic E-state index is 9.01. The number of benzene rings is 1. The van der Waals surface area contributed by atoms with E-state index in [1.54, 1.807) is 0 Å². The van der Waals surface area contributed by atoms with Gasteiger partial charge in [0, 0.05) is 6.04 Å². The molecule has 3 N–H and O–H groups in total. The Morgan fingerprint density at radius 1 is 1.36 bits per heavy atom. The van der Waals surface area contributed by atoms with Gasteiger partial charge in [-0.1, -0.05) is 45.0 Å². The molecule has 0 spiro atoms. The fourth-order valence-electron chi connectivity index (χ4n) is 1.38. The lowest BCUT2D eigenvalue weighted by atomic mass is 9.83. The van der Waals surface area contributed by atoms with Crippen LogP contribution in [0.4, 0.5) is 0 Å². The molecular weight excluding hydrogens is 174 g/mol. The van der Waals surface area contributed by atoms with Crippen LogP contribution in [0.25, 0.3) is 0 Å². The molecule has 0 aliphatic carbocycles. The maximum atomic E-state index is 9.01. The fourth-order valence-corrected chi connectivity index (χ4v) is 1.38. The normalized spacial score (nSPS) is 14.1. The molecule has 0 aliphatic rings. The second-order valence-corrected chi connectivity index (χ2v) is 4.75. The third-order valence-electron chi connectivity index (χ3n) is 2.43. The number of hydrogen-bond donors (Lipinski definition) is 2. The third-order valence-corrected chi connectivity index (χ3v) is 2.43. The molecule has 0 saturated carbocycles. The van der Waals surface area contributed by atoms with Gasteiger partial charge in [0.05, 0.1) is 6.61 Å². The van der Waals surface area contributed by atoms with Gasteiger partial charge in [0.1, 0.15) is 0 Å². The van der Waals surface area contributed by atoms with Crippen LogP contribution in [0.15, 0.2) is 24.3 Å². The molecule has 1 aromatic carbocycles. The molecule has 14 heavy (non-hydrogen) atoms. The summed E-state index contributed by atoms with van der Waals surface area (Å²) in [6, 6.07) is 7.82. The van der Waals surface area contributed by atoms with E-state index >= 15 is 0 Å². The molecule has 0 bridgehead atoms. The Labute approximate surface area is 85.8 Å². The second kappa shape index (κ2) is 4.11. The molecule has 2 nitrogen and oxygen atoms in total. The largest absolute Gasteiger partial charge is 0.392 e. The quantitative estimate of drug-likeness (QED) is 0.756. The molecule has 0 saturated heterocycles. The zero-order chi connectivity index (χ0) is 10.8. The number of nitrogens with two attached hydrogens (primary N) is 1. The van der Waals surface area contributed by atoms with Crippen molar-refractivity contribution in [3.63, 3.8) is 0 Å². The minimum atomic E-state index is 0.00833. The van der Waals surface area contributed by atoms with Gasteiger partial charge in [-0.2, -0.15) is 0 Å². The highest BCUT2D eigenvalue weighted by atomic mass is 16.3. The first kappa shape index (κ1) is 11.2. The zero-order valence-corrected chi connectivity index (χ0v) is 9.12. The molecule has 2 heteroatoms. The van der Waals surface area contributed by atoms with Crippen LogP contribution in [-0.2, 0) is 6.61 Å². The predicted octanol–water partition coefficient (Wildman–Crippen LogP) is 2.22. The smallest absolute Gasteiger partial charge is 0.0681 e. The summed E-state index contributed by atoms with van der Waals surface area (Å²) in [5, 5.41) is 9.01. The number of rotatable bonds is 2. The van der Waals surface area contributed by atoms with Gasteiger partial charge >= 0.3 is 0 Å². The molecule has 0 radical (unpaired) electrons. The molecule has 0 fully saturated rings. The molecule has 0 heterocycles. The monoisotopic (exact) mass is 193 g/mol. The van der Waals surface area contributed by atoms with Gasteiger partial charge in [-0.3, -0.25) is 0 Å². The predicted molar refractivity (Wildman–Crippen MR) is 58.7 cm³/mol. The van der Waals surface area contributed by atoms with Crippen LogP contribution in [0.5, 0.6) is 0 Å². The lowest BCUT2D eigenvalue weighted by molar-refractivity contribution is 0.281. The summed E-state index contributed by atoms with van der Waals surface area (Å²) in [5.74, 6) is 0. The van der Waals surface area contributed by atoms with Crippen LogP contribution in [0, 0.1) is 5.41 Å². The molecule has 78 valence electrons. The molecule has 1 rings (SSSR count). The number of hydrogen-bond acceptors (Lipinski definition) is 2. The van der Waals surface area contributed by atoms with Gasteiger partial charge in [-0.15, -0.1) is 0 Å². The van der Waals surface area contributed by atoms with Crippen molar-refractivity contribution >= 4 is 0 Å². The summed E-state index contributed by atoms with van der Waals surface area (Å²) in [5.41, 5.74) is 8.17. The van der Waals surface area contributed by atoms with Crippen molar-refractivity contribution in [3.8, 4) is 0 Å². The first-order valence-electron chi connectivity index (χ1n) is 4.90. The van der Waals surface area contributed by atoms with E-state index in [1.807, 2.05) is 24.3 Å². The Hall–Kier alpha value is -0.860. The van der Waals surface area contributed by atoms with E-state index < -0.39 is 0 Å². The molecule has 1 unspecified atom stereocenters. The summed E-state index contributed by atoms with van der Waals surface area (Å²) < 4.78 is 0. The van der Waals surface area contributed by atoms with Crippen molar-refractivity contribution in [3.05, 3.63) is 35.4 Å². The second-order valence-electron chi connectivity index (χ2n) is 4.75. The standard InChI is InChI=1S/C12H19NO/c1-12(2,3)11(13)10-6-4-5-9(7-10)8-14/h4-7,11,14H,8,13H2,1-3H3. The Morgan fingerprint density at radius 3 is 2.50 bits per heavy atom. The lowest BCUT2D eigenvalue weighted by Gasteiger charge is -2.27. The van der Waals surface area contributed by atoms with E-state index in [1.165, 1.54) is 0 Å². The van der Waals surface area contributed by atoms with E-state index in [4.69, 9.17) is 10.8 Å². The van der Waals surface area contributed by atoms with Crippen molar-refractivity contribution in [1.82, 2.24) is 0 Å². The molecule has 0 amide bonds. The Bertz CT molecular complexity index is 301. The zero-order valence-electron chi connectivity index (χ0n) is 9.12. The van der Waals surface area contributed by atoms with Crippen LogP contribution < -0.4 is 5.73 Å². The fraction of sp³-hybridized carbons (Fsp3) is 0.500. The van der Waals surface area contributed by atoms with E-state index in [-0.39, 0.29) is 18.1 Å². The topological polar surface area (TPSA) is 46.2 Å². The highest BCUT2D eigenvalue weighted by Crippen LogP contribution is 2.30. The lowest BCUT2D eigenvalue weighted by Crippen LogP contribution is -2.26. The SMILES string of the molecule is CC(C)(C)C(N)c1cccc(CO)c1. The van der Waals surface area contributed by atoms with Gasteiger partial charge in [0.15, 0.2) is 0 Å². The van der Waals surface area contributed by atoms with E-state index in [0.29, 0.717) is 0 Å². The minimum Gasteiger partial charge on any atom is -0.392 e. The first-order chi connectivity index (χ1) is 6.45. The van der Waals surface area contributed by atoms with Gasteiger partial charge in [0.2, 0.25) is 0 Å². The van der Waals surface area contributed by atoms with Gasteiger partial charge in [0.25, 0.3) is 0 Å². The van der Waals surface area contributed by atoms with Crippen LogP contribution in [0.2, 0.25) is 0 Å². The Kier molecular flexibility index (Phi) is 3.29. The number of aliphatic hydroxyl groups excluding tert-OH is 1. The molecule has 1 aromatic rings. The molecule has 1 atom stereocenters. The third kappa shape index (κ3) is 2.56. The number of aliphatic hydroxyl groups is 1. The van der Waals surface area contributed by atoms with Crippen LogP contribution in [-0.4, -0.2) is 5.11 Å².